The lowest BCUT2D eigenvalue weighted by Gasteiger charge is -2.10. The number of methoxy groups -OCH3 is 1. The van der Waals surface area contributed by atoms with Gasteiger partial charge in [0.1, 0.15) is 12.4 Å². The second kappa shape index (κ2) is 7.40. The Morgan fingerprint density at radius 3 is 2.45 bits per heavy atom. The van der Waals surface area contributed by atoms with E-state index in [0.717, 1.165) is 3.57 Å². The summed E-state index contributed by atoms with van der Waals surface area (Å²) < 4.78 is 11.6. The smallest absolute Gasteiger partial charge is 0.196 e. The first kappa shape index (κ1) is 15.0. The lowest BCUT2D eigenvalue weighted by atomic mass is 10.0. The molecule has 3 nitrogen and oxygen atoms in total. The van der Waals surface area contributed by atoms with Gasteiger partial charge in [-0.2, -0.15) is 0 Å². The zero-order valence-corrected chi connectivity index (χ0v) is 13.3. The molecule has 0 fully saturated rings. The molecule has 2 aromatic carbocycles. The summed E-state index contributed by atoms with van der Waals surface area (Å²) >= 11 is 2.21. The van der Waals surface area contributed by atoms with Gasteiger partial charge in [-0.25, -0.2) is 0 Å². The molecular formula is C16H15IO3. The zero-order chi connectivity index (χ0) is 14.4. The average Bonchev–Trinajstić information content (AvgIpc) is 2.48. The summed E-state index contributed by atoms with van der Waals surface area (Å²) in [6.07, 6.45) is 0. The van der Waals surface area contributed by atoms with Gasteiger partial charge in [-0.1, -0.05) is 12.1 Å². The number of hydrogen-bond acceptors (Lipinski definition) is 3. The predicted octanol–water partition coefficient (Wildman–Crippen LogP) is 3.55. The van der Waals surface area contributed by atoms with Crippen molar-refractivity contribution in [3.63, 3.8) is 0 Å². The van der Waals surface area contributed by atoms with Crippen LogP contribution in [0.4, 0.5) is 0 Å². The van der Waals surface area contributed by atoms with Gasteiger partial charge >= 0.3 is 0 Å². The van der Waals surface area contributed by atoms with Gasteiger partial charge in [-0.05, 0) is 59.0 Å². The van der Waals surface area contributed by atoms with Crippen molar-refractivity contribution in [1.29, 1.82) is 0 Å². The summed E-state index contributed by atoms with van der Waals surface area (Å²) in [5.74, 6) is 0.558. The van der Waals surface area contributed by atoms with Crippen molar-refractivity contribution in [3.8, 4) is 5.75 Å². The fourth-order valence-electron chi connectivity index (χ4n) is 1.77. The minimum atomic E-state index is -0.0329. The van der Waals surface area contributed by atoms with Gasteiger partial charge in [0.05, 0.1) is 12.2 Å². The highest BCUT2D eigenvalue weighted by atomic mass is 127. The number of halogens is 1. The van der Waals surface area contributed by atoms with Gasteiger partial charge in [0.25, 0.3) is 0 Å². The molecule has 0 saturated carbocycles. The fraction of sp³-hybridized carbons (Fsp3) is 0.188. The van der Waals surface area contributed by atoms with Crippen molar-refractivity contribution in [2.24, 2.45) is 0 Å². The third kappa shape index (κ3) is 3.80. The Morgan fingerprint density at radius 1 is 1.05 bits per heavy atom. The molecule has 0 aromatic heterocycles. The number of rotatable bonds is 6. The Labute approximate surface area is 132 Å². The second-order valence-electron chi connectivity index (χ2n) is 4.17. The van der Waals surface area contributed by atoms with Gasteiger partial charge < -0.3 is 9.47 Å². The second-order valence-corrected chi connectivity index (χ2v) is 5.42. The van der Waals surface area contributed by atoms with Crippen molar-refractivity contribution < 1.29 is 14.3 Å². The molecule has 0 aliphatic heterocycles. The van der Waals surface area contributed by atoms with Gasteiger partial charge in [-0.3, -0.25) is 4.79 Å². The molecule has 0 unspecified atom stereocenters. The van der Waals surface area contributed by atoms with Crippen LogP contribution in [0.2, 0.25) is 0 Å². The Morgan fingerprint density at radius 2 is 1.75 bits per heavy atom. The third-order valence-corrected chi connectivity index (χ3v) is 3.50. The minimum Gasteiger partial charge on any atom is -0.490 e. The molecule has 0 N–H and O–H groups in total. The number of carbonyl (C=O) groups excluding carboxylic acids is 1. The number of para-hydroxylation sites is 1. The average molecular weight is 382 g/mol. The van der Waals surface area contributed by atoms with E-state index >= 15 is 0 Å². The molecule has 0 aliphatic rings. The van der Waals surface area contributed by atoms with Gasteiger partial charge in [0.15, 0.2) is 5.78 Å². The van der Waals surface area contributed by atoms with E-state index < -0.39 is 0 Å². The molecule has 2 rings (SSSR count). The van der Waals surface area contributed by atoms with Crippen molar-refractivity contribution in [3.05, 3.63) is 63.2 Å². The molecule has 20 heavy (non-hydrogen) atoms. The molecular weight excluding hydrogens is 367 g/mol. The summed E-state index contributed by atoms with van der Waals surface area (Å²) in [5, 5.41) is 0. The normalized spacial score (nSPS) is 10.3. The van der Waals surface area contributed by atoms with E-state index in [2.05, 4.69) is 22.6 Å². The van der Waals surface area contributed by atoms with Gasteiger partial charge in [0.2, 0.25) is 0 Å². The lowest BCUT2D eigenvalue weighted by Crippen LogP contribution is -2.09. The van der Waals surface area contributed by atoms with Crippen molar-refractivity contribution >= 4 is 28.4 Å². The summed E-state index contributed by atoms with van der Waals surface area (Å²) in [7, 11) is 1.62. The monoisotopic (exact) mass is 382 g/mol. The van der Waals surface area contributed by atoms with Crippen LogP contribution in [0.3, 0.4) is 0 Å². The van der Waals surface area contributed by atoms with E-state index in [1.54, 1.807) is 19.2 Å². The molecule has 4 heteroatoms. The highest BCUT2D eigenvalue weighted by Gasteiger charge is 2.14. The third-order valence-electron chi connectivity index (χ3n) is 2.78. The fourth-order valence-corrected chi connectivity index (χ4v) is 2.13. The molecule has 2 aromatic rings. The van der Waals surface area contributed by atoms with E-state index in [9.17, 15) is 4.79 Å². The van der Waals surface area contributed by atoms with E-state index in [1.165, 1.54) is 0 Å². The topological polar surface area (TPSA) is 35.5 Å². The maximum Gasteiger partial charge on any atom is 0.196 e. The largest absolute Gasteiger partial charge is 0.490 e. The van der Waals surface area contributed by atoms with E-state index in [-0.39, 0.29) is 5.78 Å². The first-order valence-corrected chi connectivity index (χ1v) is 7.31. The van der Waals surface area contributed by atoms with Crippen molar-refractivity contribution in [2.45, 2.75) is 0 Å². The molecule has 0 amide bonds. The maximum absolute atomic E-state index is 12.5. The number of ether oxygens (including phenoxy) is 2. The number of hydrogen-bond donors (Lipinski definition) is 0. The van der Waals surface area contributed by atoms with Crippen LogP contribution in [0.15, 0.2) is 48.5 Å². The van der Waals surface area contributed by atoms with Crippen LogP contribution in [-0.4, -0.2) is 26.1 Å². The van der Waals surface area contributed by atoms with E-state index in [0.29, 0.717) is 30.1 Å². The number of ketones is 1. The Bertz CT molecular complexity index is 579. The molecule has 0 radical (unpaired) electrons. The predicted molar refractivity (Wildman–Crippen MR) is 86.4 cm³/mol. The van der Waals surface area contributed by atoms with Crippen LogP contribution in [-0.2, 0) is 4.74 Å². The quantitative estimate of drug-likeness (QED) is 0.436. The summed E-state index contributed by atoms with van der Waals surface area (Å²) in [4.78, 5) is 12.5. The van der Waals surface area contributed by atoms with Crippen LogP contribution < -0.4 is 4.74 Å². The summed E-state index contributed by atoms with van der Waals surface area (Å²) in [6, 6.07) is 14.8. The highest BCUT2D eigenvalue weighted by molar-refractivity contribution is 14.1. The van der Waals surface area contributed by atoms with Crippen LogP contribution in [0, 0.1) is 3.57 Å². The van der Waals surface area contributed by atoms with Crippen molar-refractivity contribution in [2.75, 3.05) is 20.3 Å². The molecule has 0 heterocycles. The zero-order valence-electron chi connectivity index (χ0n) is 11.1. The summed E-state index contributed by atoms with van der Waals surface area (Å²) in [6.45, 7) is 0.916. The highest BCUT2D eigenvalue weighted by Crippen LogP contribution is 2.22. The SMILES string of the molecule is COCCOc1ccccc1C(=O)c1ccc(I)cc1. The van der Waals surface area contributed by atoms with Crippen molar-refractivity contribution in [1.82, 2.24) is 0 Å². The van der Waals surface area contributed by atoms with Crippen LogP contribution in [0.1, 0.15) is 15.9 Å². The molecule has 104 valence electrons. The van der Waals surface area contributed by atoms with Gasteiger partial charge in [-0.15, -0.1) is 0 Å². The maximum atomic E-state index is 12.5. The standard InChI is InChI=1S/C16H15IO3/c1-19-10-11-20-15-5-3-2-4-14(15)16(18)12-6-8-13(17)9-7-12/h2-9H,10-11H2,1H3. The van der Waals surface area contributed by atoms with E-state index in [4.69, 9.17) is 9.47 Å². The van der Waals surface area contributed by atoms with Gasteiger partial charge in [0, 0.05) is 16.2 Å². The number of carbonyl (C=O) groups is 1. The van der Waals surface area contributed by atoms with Crippen LogP contribution >= 0.6 is 22.6 Å². The first-order valence-electron chi connectivity index (χ1n) is 6.23. The van der Waals surface area contributed by atoms with Crippen LogP contribution in [0.5, 0.6) is 5.75 Å². The Kier molecular flexibility index (Phi) is 5.55. The molecule has 0 atom stereocenters. The molecule has 0 saturated heterocycles. The summed E-state index contributed by atoms with van der Waals surface area (Å²) in [5.41, 5.74) is 1.23. The Hall–Kier alpha value is -1.40. The van der Waals surface area contributed by atoms with Crippen LogP contribution in [0.25, 0.3) is 0 Å². The molecule has 0 aliphatic carbocycles. The molecule has 0 bridgehead atoms. The van der Waals surface area contributed by atoms with E-state index in [1.807, 2.05) is 36.4 Å². The minimum absolute atomic E-state index is 0.0329. The lowest BCUT2D eigenvalue weighted by molar-refractivity contribution is 0.103. The Balaban J connectivity index is 2.23. The first-order chi connectivity index (χ1) is 9.72. The molecule has 0 spiro atoms. The number of benzene rings is 2.